The fourth-order valence-corrected chi connectivity index (χ4v) is 2.87. The summed E-state index contributed by atoms with van der Waals surface area (Å²) in [6.45, 7) is 3.85. The van der Waals surface area contributed by atoms with Crippen LogP contribution in [0.15, 0.2) is 30.3 Å². The van der Waals surface area contributed by atoms with Crippen LogP contribution in [0.5, 0.6) is 0 Å². The number of ether oxygens (including phenoxy) is 1. The predicted molar refractivity (Wildman–Crippen MR) is 72.0 cm³/mol. The van der Waals surface area contributed by atoms with Crippen LogP contribution in [0.3, 0.4) is 0 Å². The highest BCUT2D eigenvalue weighted by Gasteiger charge is 2.17. The maximum Gasteiger partial charge on any atom is 0.319 e. The SMILES string of the molecule is CCOC(=O)C(C)SSC(=O)c1ccccc1. The molecule has 0 fully saturated rings. The molecule has 0 saturated carbocycles. The molecule has 1 rings (SSSR count). The Kier molecular flexibility index (Phi) is 6.15. The van der Waals surface area contributed by atoms with Crippen molar-refractivity contribution in [1.29, 1.82) is 0 Å². The monoisotopic (exact) mass is 270 g/mol. The Morgan fingerprint density at radius 3 is 2.53 bits per heavy atom. The summed E-state index contributed by atoms with van der Waals surface area (Å²) in [5.74, 6) is -0.286. The summed E-state index contributed by atoms with van der Waals surface area (Å²) >= 11 is 0. The Hall–Kier alpha value is -0.940. The van der Waals surface area contributed by atoms with Gasteiger partial charge < -0.3 is 4.74 Å². The van der Waals surface area contributed by atoms with Crippen molar-refractivity contribution in [2.24, 2.45) is 0 Å². The first kappa shape index (κ1) is 14.1. The fraction of sp³-hybridized carbons (Fsp3) is 0.333. The molecule has 1 unspecified atom stereocenters. The summed E-state index contributed by atoms with van der Waals surface area (Å²) in [4.78, 5) is 23.0. The first-order chi connectivity index (χ1) is 8.15. The normalized spacial score (nSPS) is 11.9. The number of esters is 1. The van der Waals surface area contributed by atoms with E-state index in [2.05, 4.69) is 0 Å². The molecule has 0 amide bonds. The highest BCUT2D eigenvalue weighted by molar-refractivity contribution is 8.82. The second kappa shape index (κ2) is 7.40. The van der Waals surface area contributed by atoms with Crippen LogP contribution >= 0.6 is 21.6 Å². The molecule has 1 aromatic carbocycles. The summed E-state index contributed by atoms with van der Waals surface area (Å²) in [5, 5.41) is -0.389. The maximum absolute atomic E-state index is 11.7. The van der Waals surface area contributed by atoms with E-state index in [0.29, 0.717) is 12.2 Å². The molecule has 0 radical (unpaired) electrons. The summed E-state index contributed by atoms with van der Waals surface area (Å²) in [5.41, 5.74) is 0.640. The zero-order valence-corrected chi connectivity index (χ0v) is 11.3. The first-order valence-electron chi connectivity index (χ1n) is 5.24. The number of hydrogen-bond acceptors (Lipinski definition) is 5. The van der Waals surface area contributed by atoms with Gasteiger partial charge in [-0.15, -0.1) is 0 Å². The van der Waals surface area contributed by atoms with Gasteiger partial charge in [0.15, 0.2) is 0 Å². The van der Waals surface area contributed by atoms with E-state index in [-0.39, 0.29) is 16.3 Å². The molecule has 0 bridgehead atoms. The van der Waals surface area contributed by atoms with Crippen molar-refractivity contribution in [2.45, 2.75) is 19.1 Å². The van der Waals surface area contributed by atoms with E-state index in [1.807, 2.05) is 18.2 Å². The van der Waals surface area contributed by atoms with Gasteiger partial charge in [-0.25, -0.2) is 0 Å². The van der Waals surface area contributed by atoms with Crippen LogP contribution in [0.4, 0.5) is 0 Å². The number of carbonyl (C=O) groups is 2. The second-order valence-electron chi connectivity index (χ2n) is 3.23. The number of carbonyl (C=O) groups excluding carboxylic acids is 2. The Balaban J connectivity index is 2.41. The molecule has 0 aliphatic heterocycles. The third-order valence-electron chi connectivity index (χ3n) is 1.90. The smallest absolute Gasteiger partial charge is 0.319 e. The Morgan fingerprint density at radius 1 is 1.29 bits per heavy atom. The average molecular weight is 270 g/mol. The topological polar surface area (TPSA) is 43.4 Å². The lowest BCUT2D eigenvalue weighted by Crippen LogP contribution is -2.16. The van der Waals surface area contributed by atoms with E-state index >= 15 is 0 Å². The summed E-state index contributed by atoms with van der Waals surface area (Å²) in [6.07, 6.45) is 0. The standard InChI is InChI=1S/C12H14O3S2/c1-3-15-11(13)9(2)16-17-12(14)10-7-5-4-6-8-10/h4-9H,3H2,1-2H3. The molecule has 0 spiro atoms. The summed E-state index contributed by atoms with van der Waals surface area (Å²) in [7, 11) is 2.29. The van der Waals surface area contributed by atoms with Crippen molar-refractivity contribution in [1.82, 2.24) is 0 Å². The predicted octanol–water partition coefficient (Wildman–Crippen LogP) is 3.16. The third-order valence-corrected chi connectivity index (χ3v) is 4.47. The van der Waals surface area contributed by atoms with Crippen molar-refractivity contribution in [3.8, 4) is 0 Å². The highest BCUT2D eigenvalue weighted by atomic mass is 33.1. The second-order valence-corrected chi connectivity index (χ2v) is 5.74. The summed E-state index contributed by atoms with van der Waals surface area (Å²) < 4.78 is 4.86. The minimum atomic E-state index is -0.340. The lowest BCUT2D eigenvalue weighted by molar-refractivity contribution is -0.142. The van der Waals surface area contributed by atoms with E-state index in [1.165, 1.54) is 10.8 Å². The molecule has 1 atom stereocenters. The fourth-order valence-electron chi connectivity index (χ4n) is 1.04. The molecular weight excluding hydrogens is 256 g/mol. The lowest BCUT2D eigenvalue weighted by Gasteiger charge is -2.08. The highest BCUT2D eigenvalue weighted by Crippen LogP contribution is 2.30. The molecule has 1 aromatic rings. The maximum atomic E-state index is 11.7. The number of benzene rings is 1. The van der Waals surface area contributed by atoms with E-state index in [4.69, 9.17) is 4.74 Å². The Bertz CT molecular complexity index is 379. The van der Waals surface area contributed by atoms with Crippen LogP contribution in [-0.2, 0) is 9.53 Å². The van der Waals surface area contributed by atoms with Gasteiger partial charge in [0, 0.05) is 5.56 Å². The molecule has 0 aromatic heterocycles. The minimum Gasteiger partial charge on any atom is -0.465 e. The van der Waals surface area contributed by atoms with Gasteiger partial charge in [-0.3, -0.25) is 9.59 Å². The lowest BCUT2D eigenvalue weighted by atomic mass is 10.2. The van der Waals surface area contributed by atoms with Crippen molar-refractivity contribution >= 4 is 32.7 Å². The van der Waals surface area contributed by atoms with Crippen LogP contribution < -0.4 is 0 Å². The van der Waals surface area contributed by atoms with Gasteiger partial charge in [-0.05, 0) is 24.6 Å². The van der Waals surface area contributed by atoms with Gasteiger partial charge in [0.2, 0.25) is 5.12 Å². The minimum absolute atomic E-state index is 0.0493. The largest absolute Gasteiger partial charge is 0.465 e. The van der Waals surface area contributed by atoms with Crippen molar-refractivity contribution in [2.75, 3.05) is 6.61 Å². The van der Waals surface area contributed by atoms with Crippen LogP contribution in [0.25, 0.3) is 0 Å². The molecule has 0 aliphatic carbocycles. The summed E-state index contributed by atoms with van der Waals surface area (Å²) in [6, 6.07) is 8.99. The van der Waals surface area contributed by atoms with E-state index < -0.39 is 0 Å². The molecular formula is C12H14O3S2. The third kappa shape index (κ3) is 4.83. The molecule has 0 aliphatic rings. The molecule has 5 heteroatoms. The van der Waals surface area contributed by atoms with E-state index in [1.54, 1.807) is 26.0 Å². The molecule has 0 saturated heterocycles. The van der Waals surface area contributed by atoms with E-state index in [0.717, 1.165) is 10.8 Å². The number of hydrogen-bond donors (Lipinski definition) is 0. The van der Waals surface area contributed by atoms with Crippen LogP contribution in [0.2, 0.25) is 0 Å². The molecule has 0 heterocycles. The van der Waals surface area contributed by atoms with Gasteiger partial charge in [0.25, 0.3) is 0 Å². The zero-order valence-electron chi connectivity index (χ0n) is 9.71. The van der Waals surface area contributed by atoms with Crippen LogP contribution in [0.1, 0.15) is 24.2 Å². The molecule has 0 N–H and O–H groups in total. The average Bonchev–Trinajstić information content (AvgIpc) is 2.36. The Morgan fingerprint density at radius 2 is 1.94 bits per heavy atom. The van der Waals surface area contributed by atoms with Gasteiger partial charge in [0.1, 0.15) is 5.25 Å². The zero-order chi connectivity index (χ0) is 12.7. The van der Waals surface area contributed by atoms with Gasteiger partial charge >= 0.3 is 5.97 Å². The van der Waals surface area contributed by atoms with Crippen LogP contribution in [0, 0.1) is 0 Å². The number of rotatable bonds is 5. The van der Waals surface area contributed by atoms with E-state index in [9.17, 15) is 9.59 Å². The molecule has 17 heavy (non-hydrogen) atoms. The van der Waals surface area contributed by atoms with Gasteiger partial charge in [-0.1, -0.05) is 41.1 Å². The van der Waals surface area contributed by atoms with Crippen LogP contribution in [-0.4, -0.2) is 22.9 Å². The quantitative estimate of drug-likeness (QED) is 0.607. The van der Waals surface area contributed by atoms with Crippen molar-refractivity contribution in [3.05, 3.63) is 35.9 Å². The van der Waals surface area contributed by atoms with Gasteiger partial charge in [-0.2, -0.15) is 0 Å². The van der Waals surface area contributed by atoms with Crippen molar-refractivity contribution in [3.63, 3.8) is 0 Å². The molecule has 3 nitrogen and oxygen atoms in total. The Labute approximate surface area is 109 Å². The first-order valence-corrected chi connectivity index (χ1v) is 7.45. The van der Waals surface area contributed by atoms with Gasteiger partial charge in [0.05, 0.1) is 6.61 Å². The molecule has 92 valence electrons. The van der Waals surface area contributed by atoms with Crippen molar-refractivity contribution < 1.29 is 14.3 Å².